The van der Waals surface area contributed by atoms with E-state index in [1.165, 1.54) is 12.8 Å². The number of nitrogens with one attached hydrogen (secondary N) is 1. The van der Waals surface area contributed by atoms with Crippen molar-refractivity contribution in [2.24, 2.45) is 0 Å². The van der Waals surface area contributed by atoms with Gasteiger partial charge >= 0.3 is 0 Å². The monoisotopic (exact) mass is 413 g/mol. The standard InChI is InChI=1S/C25H35NO4/c1-2-3-4-6-9-22(27)18-21-12-14-25(15-13-21)29-17-16-26-19-23(28)20-30-24-10-7-5-8-11-24/h5,7-8,10-15,23,26,28H,2-4,6,9,16-20H2,1H3. The van der Waals surface area contributed by atoms with E-state index in [1.807, 2.05) is 54.6 Å². The van der Waals surface area contributed by atoms with Gasteiger partial charge in [-0.15, -0.1) is 0 Å². The summed E-state index contributed by atoms with van der Waals surface area (Å²) in [5.41, 5.74) is 1.03. The van der Waals surface area contributed by atoms with Gasteiger partial charge in [-0.25, -0.2) is 0 Å². The Bertz CT molecular complexity index is 703. The highest BCUT2D eigenvalue weighted by molar-refractivity contribution is 5.80. The third kappa shape index (κ3) is 10.4. The number of para-hydroxylation sites is 1. The number of benzene rings is 2. The summed E-state index contributed by atoms with van der Waals surface area (Å²) in [6.45, 7) is 3.99. The van der Waals surface area contributed by atoms with Gasteiger partial charge < -0.3 is 19.9 Å². The van der Waals surface area contributed by atoms with Crippen LogP contribution in [0.2, 0.25) is 0 Å². The van der Waals surface area contributed by atoms with Crippen LogP contribution in [0.5, 0.6) is 11.5 Å². The summed E-state index contributed by atoms with van der Waals surface area (Å²) in [7, 11) is 0. The van der Waals surface area contributed by atoms with Gasteiger partial charge in [0.25, 0.3) is 0 Å². The van der Waals surface area contributed by atoms with E-state index in [9.17, 15) is 9.90 Å². The first-order valence-electron chi connectivity index (χ1n) is 11.0. The van der Waals surface area contributed by atoms with Gasteiger partial charge in [-0.2, -0.15) is 0 Å². The molecule has 2 aromatic rings. The quantitative estimate of drug-likeness (QED) is 0.404. The molecule has 164 valence electrons. The van der Waals surface area contributed by atoms with E-state index >= 15 is 0 Å². The molecule has 0 spiro atoms. The van der Waals surface area contributed by atoms with E-state index in [0.29, 0.717) is 38.3 Å². The molecule has 2 aromatic carbocycles. The SMILES string of the molecule is CCCCCCC(=O)Cc1ccc(OCCNCC(O)COc2ccccc2)cc1. The lowest BCUT2D eigenvalue weighted by molar-refractivity contribution is -0.118. The van der Waals surface area contributed by atoms with Crippen molar-refractivity contribution in [3.8, 4) is 11.5 Å². The minimum Gasteiger partial charge on any atom is -0.492 e. The number of ketones is 1. The molecular weight excluding hydrogens is 378 g/mol. The molecule has 2 rings (SSSR count). The average molecular weight is 414 g/mol. The van der Waals surface area contributed by atoms with Gasteiger partial charge in [-0.3, -0.25) is 4.79 Å². The average Bonchev–Trinajstić information content (AvgIpc) is 2.77. The number of aliphatic hydroxyl groups excluding tert-OH is 1. The zero-order chi connectivity index (χ0) is 21.4. The van der Waals surface area contributed by atoms with Crippen LogP contribution in [0.25, 0.3) is 0 Å². The number of carbonyl (C=O) groups excluding carboxylic acids is 1. The molecule has 2 N–H and O–H groups in total. The molecule has 0 saturated heterocycles. The van der Waals surface area contributed by atoms with Crippen LogP contribution in [0.1, 0.15) is 44.6 Å². The normalized spacial score (nSPS) is 11.8. The molecule has 0 aromatic heterocycles. The van der Waals surface area contributed by atoms with Crippen molar-refractivity contribution >= 4 is 5.78 Å². The van der Waals surface area contributed by atoms with E-state index in [1.54, 1.807) is 0 Å². The Morgan fingerprint density at radius 2 is 1.70 bits per heavy atom. The summed E-state index contributed by atoms with van der Waals surface area (Å²) in [5.74, 6) is 1.84. The first-order chi connectivity index (χ1) is 14.7. The topological polar surface area (TPSA) is 67.8 Å². The lowest BCUT2D eigenvalue weighted by atomic mass is 10.0. The van der Waals surface area contributed by atoms with Crippen LogP contribution in [-0.2, 0) is 11.2 Å². The third-order valence-electron chi connectivity index (χ3n) is 4.75. The lowest BCUT2D eigenvalue weighted by Gasteiger charge is -2.13. The Balaban J connectivity index is 1.54. The van der Waals surface area contributed by atoms with Crippen LogP contribution in [0, 0.1) is 0 Å². The molecule has 1 unspecified atom stereocenters. The van der Waals surface area contributed by atoms with Crippen molar-refractivity contribution < 1.29 is 19.4 Å². The van der Waals surface area contributed by atoms with Crippen LogP contribution < -0.4 is 14.8 Å². The fraction of sp³-hybridized carbons (Fsp3) is 0.480. The van der Waals surface area contributed by atoms with Gasteiger partial charge in [0.15, 0.2) is 0 Å². The molecule has 0 fully saturated rings. The van der Waals surface area contributed by atoms with E-state index in [0.717, 1.165) is 29.9 Å². The van der Waals surface area contributed by atoms with Gasteiger partial charge in [-0.05, 0) is 36.2 Å². The largest absolute Gasteiger partial charge is 0.492 e. The smallest absolute Gasteiger partial charge is 0.137 e. The molecule has 0 heterocycles. The molecule has 30 heavy (non-hydrogen) atoms. The molecule has 0 amide bonds. The zero-order valence-electron chi connectivity index (χ0n) is 18.0. The highest BCUT2D eigenvalue weighted by Crippen LogP contribution is 2.14. The number of ether oxygens (including phenoxy) is 2. The summed E-state index contributed by atoms with van der Waals surface area (Å²) in [5, 5.41) is 13.1. The number of Topliss-reactive ketones (excluding diaryl/α,β-unsaturated/α-hetero) is 1. The number of hydrogen-bond acceptors (Lipinski definition) is 5. The van der Waals surface area contributed by atoms with Crippen molar-refractivity contribution in [2.45, 2.75) is 51.6 Å². The number of unbranched alkanes of at least 4 members (excludes halogenated alkanes) is 3. The van der Waals surface area contributed by atoms with Gasteiger partial charge in [0.2, 0.25) is 0 Å². The number of rotatable bonds is 16. The maximum atomic E-state index is 12.0. The van der Waals surface area contributed by atoms with Crippen LogP contribution in [-0.4, -0.2) is 43.3 Å². The van der Waals surface area contributed by atoms with Crippen molar-refractivity contribution in [2.75, 3.05) is 26.3 Å². The minimum atomic E-state index is -0.580. The molecule has 0 bridgehead atoms. The molecule has 5 nitrogen and oxygen atoms in total. The fourth-order valence-electron chi connectivity index (χ4n) is 3.05. The minimum absolute atomic E-state index is 0.247. The van der Waals surface area contributed by atoms with Crippen LogP contribution in [0.4, 0.5) is 0 Å². The van der Waals surface area contributed by atoms with Gasteiger partial charge in [0, 0.05) is 25.9 Å². The first-order valence-corrected chi connectivity index (χ1v) is 11.0. The predicted octanol–water partition coefficient (Wildman–Crippen LogP) is 4.18. The maximum Gasteiger partial charge on any atom is 0.137 e. The Morgan fingerprint density at radius 3 is 2.43 bits per heavy atom. The van der Waals surface area contributed by atoms with E-state index in [2.05, 4.69) is 12.2 Å². The maximum absolute atomic E-state index is 12.0. The Hall–Kier alpha value is -2.37. The summed E-state index contributed by atoms with van der Waals surface area (Å²) in [6, 6.07) is 17.2. The molecule has 0 aliphatic heterocycles. The molecular formula is C25H35NO4. The fourth-order valence-corrected chi connectivity index (χ4v) is 3.05. The summed E-state index contributed by atoms with van der Waals surface area (Å²) in [4.78, 5) is 12.0. The Kier molecular flexibility index (Phi) is 11.6. The second kappa shape index (κ2) is 14.6. The van der Waals surface area contributed by atoms with Crippen molar-refractivity contribution in [1.82, 2.24) is 5.32 Å². The van der Waals surface area contributed by atoms with E-state index in [-0.39, 0.29) is 6.61 Å². The van der Waals surface area contributed by atoms with Gasteiger partial charge in [0.1, 0.15) is 36.6 Å². The summed E-state index contributed by atoms with van der Waals surface area (Å²) >= 11 is 0. The van der Waals surface area contributed by atoms with E-state index in [4.69, 9.17) is 9.47 Å². The van der Waals surface area contributed by atoms with Crippen LogP contribution >= 0.6 is 0 Å². The van der Waals surface area contributed by atoms with Crippen molar-refractivity contribution in [3.05, 3.63) is 60.2 Å². The zero-order valence-corrected chi connectivity index (χ0v) is 18.0. The second-order valence-electron chi connectivity index (χ2n) is 7.50. The van der Waals surface area contributed by atoms with Gasteiger partial charge in [-0.1, -0.05) is 56.5 Å². The van der Waals surface area contributed by atoms with Crippen LogP contribution in [0.15, 0.2) is 54.6 Å². The van der Waals surface area contributed by atoms with Crippen LogP contribution in [0.3, 0.4) is 0 Å². The summed E-state index contributed by atoms with van der Waals surface area (Å²) < 4.78 is 11.2. The van der Waals surface area contributed by atoms with Gasteiger partial charge in [0.05, 0.1) is 0 Å². The molecule has 0 saturated carbocycles. The number of carbonyl (C=O) groups is 1. The Labute approximate surface area is 180 Å². The van der Waals surface area contributed by atoms with Crippen molar-refractivity contribution in [1.29, 1.82) is 0 Å². The third-order valence-corrected chi connectivity index (χ3v) is 4.75. The lowest BCUT2D eigenvalue weighted by Crippen LogP contribution is -2.33. The highest BCUT2D eigenvalue weighted by Gasteiger charge is 2.06. The van der Waals surface area contributed by atoms with Crippen molar-refractivity contribution in [3.63, 3.8) is 0 Å². The molecule has 0 radical (unpaired) electrons. The van der Waals surface area contributed by atoms with E-state index < -0.39 is 6.10 Å². The highest BCUT2D eigenvalue weighted by atomic mass is 16.5. The Morgan fingerprint density at radius 1 is 0.967 bits per heavy atom. The molecule has 5 heteroatoms. The molecule has 0 aliphatic rings. The summed E-state index contributed by atoms with van der Waals surface area (Å²) in [6.07, 6.45) is 5.11. The first kappa shape index (κ1) is 23.9. The number of hydrogen-bond donors (Lipinski definition) is 2. The molecule has 0 aliphatic carbocycles. The predicted molar refractivity (Wildman–Crippen MR) is 120 cm³/mol. The molecule has 1 atom stereocenters. The number of aliphatic hydroxyl groups is 1. The second-order valence-corrected chi connectivity index (χ2v) is 7.50.